The number of ether oxygens (including phenoxy) is 1. The van der Waals surface area contributed by atoms with Crippen LogP contribution in [0, 0.1) is 11.3 Å². The van der Waals surface area contributed by atoms with Crippen molar-refractivity contribution < 1.29 is 24.9 Å². The third-order valence-corrected chi connectivity index (χ3v) is 5.85. The molecule has 2 heterocycles. The zero-order valence-corrected chi connectivity index (χ0v) is 17.8. The minimum atomic E-state index is -1.37. The first-order valence-corrected chi connectivity index (χ1v) is 10.4. The lowest BCUT2D eigenvalue weighted by Crippen LogP contribution is -2.59. The maximum Gasteiger partial charge on any atom is 0.262 e. The minimum Gasteiger partial charge on any atom is -0.388 e. The fourth-order valence-electron chi connectivity index (χ4n) is 3.75. The van der Waals surface area contributed by atoms with Crippen molar-refractivity contribution in [2.45, 2.75) is 37.4 Å². The van der Waals surface area contributed by atoms with Crippen molar-refractivity contribution in [2.75, 3.05) is 44.7 Å². The van der Waals surface area contributed by atoms with Crippen molar-refractivity contribution in [3.63, 3.8) is 0 Å². The number of nitrogens with one attached hydrogen (secondary N) is 1. The molecule has 0 radical (unpaired) electrons. The highest BCUT2D eigenvalue weighted by molar-refractivity contribution is 6.01. The van der Waals surface area contributed by atoms with Crippen LogP contribution in [-0.4, -0.2) is 96.4 Å². The third kappa shape index (κ3) is 5.61. The van der Waals surface area contributed by atoms with Gasteiger partial charge in [-0.15, -0.1) is 0 Å². The Labute approximate surface area is 182 Å². The SMILES string of the molecule is CC1OC(CNC(=O)C(C#N)=Cc2ccc(N3CCN(C)CC3)cc2)C(O)C(O)C1O. The molecular formula is C22H30N4O5. The van der Waals surface area contributed by atoms with Gasteiger partial charge in [-0.1, -0.05) is 12.1 Å². The average molecular weight is 431 g/mol. The average Bonchev–Trinajstić information content (AvgIpc) is 2.78. The maximum absolute atomic E-state index is 12.4. The second kappa shape index (κ2) is 10.2. The van der Waals surface area contributed by atoms with E-state index in [1.165, 1.54) is 6.08 Å². The molecule has 2 aliphatic rings. The molecule has 9 heteroatoms. The van der Waals surface area contributed by atoms with Crippen LogP contribution in [0.4, 0.5) is 5.69 Å². The molecule has 0 aromatic heterocycles. The van der Waals surface area contributed by atoms with Crippen LogP contribution in [0.2, 0.25) is 0 Å². The van der Waals surface area contributed by atoms with Crippen LogP contribution < -0.4 is 10.2 Å². The van der Waals surface area contributed by atoms with E-state index in [1.807, 2.05) is 30.3 Å². The molecule has 2 aliphatic heterocycles. The Balaban J connectivity index is 1.59. The molecule has 4 N–H and O–H groups in total. The topological polar surface area (TPSA) is 129 Å². The Hall–Kier alpha value is -2.48. The van der Waals surface area contributed by atoms with E-state index in [4.69, 9.17) is 4.74 Å². The molecule has 2 saturated heterocycles. The van der Waals surface area contributed by atoms with Crippen LogP contribution in [0.25, 0.3) is 6.08 Å². The van der Waals surface area contributed by atoms with E-state index in [2.05, 4.69) is 22.2 Å². The molecule has 2 fully saturated rings. The van der Waals surface area contributed by atoms with Gasteiger partial charge in [-0.05, 0) is 37.7 Å². The Kier molecular flexibility index (Phi) is 7.64. The Bertz CT molecular complexity index is 829. The van der Waals surface area contributed by atoms with Gasteiger partial charge in [-0.3, -0.25) is 4.79 Å². The summed E-state index contributed by atoms with van der Waals surface area (Å²) in [5.74, 6) is -0.602. The monoisotopic (exact) mass is 430 g/mol. The molecule has 5 atom stereocenters. The standard InChI is InChI=1S/C22H30N4O5/c1-14-19(27)21(29)20(28)18(31-14)13-24-22(30)16(12-23)11-15-3-5-17(6-4-15)26-9-7-25(2)8-10-26/h3-6,11,14,18-21,27-29H,7-10,13H2,1-2H3,(H,24,30). The van der Waals surface area contributed by atoms with Crippen LogP contribution in [0.15, 0.2) is 29.8 Å². The first kappa shape index (κ1) is 23.2. The molecule has 0 bridgehead atoms. The number of aliphatic hydroxyl groups excluding tert-OH is 3. The number of aliphatic hydroxyl groups is 3. The molecule has 9 nitrogen and oxygen atoms in total. The summed E-state index contributed by atoms with van der Waals surface area (Å²) in [6, 6.07) is 9.58. The Morgan fingerprint density at radius 3 is 2.42 bits per heavy atom. The second-order valence-corrected chi connectivity index (χ2v) is 8.11. The molecule has 3 rings (SSSR count). The van der Waals surface area contributed by atoms with Gasteiger partial charge in [0.05, 0.1) is 6.10 Å². The van der Waals surface area contributed by atoms with Crippen LogP contribution >= 0.6 is 0 Å². The molecule has 5 unspecified atom stereocenters. The van der Waals surface area contributed by atoms with E-state index in [0.29, 0.717) is 0 Å². The van der Waals surface area contributed by atoms with Gasteiger partial charge in [0, 0.05) is 38.4 Å². The zero-order valence-electron chi connectivity index (χ0n) is 17.8. The van der Waals surface area contributed by atoms with E-state index in [-0.39, 0.29) is 12.1 Å². The summed E-state index contributed by atoms with van der Waals surface area (Å²) in [6.07, 6.45) is -3.99. The van der Waals surface area contributed by atoms with Crippen molar-refractivity contribution in [3.8, 4) is 6.07 Å². The number of hydrogen-bond donors (Lipinski definition) is 4. The largest absolute Gasteiger partial charge is 0.388 e. The van der Waals surface area contributed by atoms with E-state index in [0.717, 1.165) is 37.4 Å². The number of piperazine rings is 1. The first-order valence-electron chi connectivity index (χ1n) is 10.4. The fraction of sp³-hybridized carbons (Fsp3) is 0.545. The molecule has 31 heavy (non-hydrogen) atoms. The van der Waals surface area contributed by atoms with Crippen molar-refractivity contribution in [1.82, 2.24) is 10.2 Å². The van der Waals surface area contributed by atoms with Gasteiger partial charge in [0.1, 0.15) is 36.1 Å². The number of nitriles is 1. The van der Waals surface area contributed by atoms with E-state index >= 15 is 0 Å². The molecule has 1 amide bonds. The summed E-state index contributed by atoms with van der Waals surface area (Å²) >= 11 is 0. The van der Waals surface area contributed by atoms with E-state index in [9.17, 15) is 25.4 Å². The lowest BCUT2D eigenvalue weighted by Gasteiger charge is -2.39. The Morgan fingerprint density at radius 2 is 1.81 bits per heavy atom. The minimum absolute atomic E-state index is 0.0775. The lowest BCUT2D eigenvalue weighted by molar-refractivity contribution is -0.215. The van der Waals surface area contributed by atoms with Crippen LogP contribution in [-0.2, 0) is 9.53 Å². The van der Waals surface area contributed by atoms with Gasteiger partial charge in [-0.2, -0.15) is 5.26 Å². The summed E-state index contributed by atoms with van der Waals surface area (Å²) < 4.78 is 5.46. The summed E-state index contributed by atoms with van der Waals surface area (Å²) in [4.78, 5) is 17.0. The van der Waals surface area contributed by atoms with Crippen molar-refractivity contribution in [1.29, 1.82) is 5.26 Å². The zero-order chi connectivity index (χ0) is 22.5. The van der Waals surface area contributed by atoms with Gasteiger partial charge >= 0.3 is 0 Å². The summed E-state index contributed by atoms with van der Waals surface area (Å²) in [5, 5.41) is 41.6. The number of hydrogen-bond acceptors (Lipinski definition) is 8. The lowest BCUT2D eigenvalue weighted by atomic mass is 9.95. The summed E-state index contributed by atoms with van der Waals surface area (Å²) in [6.45, 7) is 5.40. The van der Waals surface area contributed by atoms with Crippen LogP contribution in [0.3, 0.4) is 0 Å². The van der Waals surface area contributed by atoms with Crippen LogP contribution in [0.5, 0.6) is 0 Å². The van der Waals surface area contributed by atoms with Crippen molar-refractivity contribution in [3.05, 3.63) is 35.4 Å². The molecule has 0 aliphatic carbocycles. The number of carbonyl (C=O) groups is 1. The normalized spacial score (nSPS) is 30.0. The summed E-state index contributed by atoms with van der Waals surface area (Å²) in [5.41, 5.74) is 1.75. The predicted molar refractivity (Wildman–Crippen MR) is 115 cm³/mol. The van der Waals surface area contributed by atoms with Gasteiger partial charge in [0.25, 0.3) is 5.91 Å². The second-order valence-electron chi connectivity index (χ2n) is 8.11. The van der Waals surface area contributed by atoms with Gasteiger partial charge in [-0.25, -0.2) is 0 Å². The highest BCUT2D eigenvalue weighted by Crippen LogP contribution is 2.21. The number of amides is 1. The number of carbonyl (C=O) groups excluding carboxylic acids is 1. The molecular weight excluding hydrogens is 400 g/mol. The van der Waals surface area contributed by atoms with E-state index in [1.54, 1.807) is 6.92 Å². The number of rotatable bonds is 5. The smallest absolute Gasteiger partial charge is 0.262 e. The molecule has 0 saturated carbocycles. The van der Waals surface area contributed by atoms with Gasteiger partial charge < -0.3 is 35.2 Å². The van der Waals surface area contributed by atoms with Crippen LogP contribution in [0.1, 0.15) is 12.5 Å². The number of anilines is 1. The quantitative estimate of drug-likeness (QED) is 0.358. The molecule has 0 spiro atoms. The molecule has 1 aromatic carbocycles. The Morgan fingerprint density at radius 1 is 1.16 bits per heavy atom. The highest BCUT2D eigenvalue weighted by Gasteiger charge is 2.41. The van der Waals surface area contributed by atoms with Crippen molar-refractivity contribution >= 4 is 17.7 Å². The fourth-order valence-corrected chi connectivity index (χ4v) is 3.75. The highest BCUT2D eigenvalue weighted by atomic mass is 16.5. The van der Waals surface area contributed by atoms with Gasteiger partial charge in [0.15, 0.2) is 0 Å². The van der Waals surface area contributed by atoms with E-state index < -0.39 is 36.4 Å². The van der Waals surface area contributed by atoms with Gasteiger partial charge in [0.2, 0.25) is 0 Å². The number of nitrogens with zero attached hydrogens (tertiary/aromatic N) is 3. The van der Waals surface area contributed by atoms with Crippen molar-refractivity contribution in [2.24, 2.45) is 0 Å². The first-order chi connectivity index (χ1) is 14.8. The molecule has 168 valence electrons. The molecule has 1 aromatic rings. The number of benzene rings is 1. The summed E-state index contributed by atoms with van der Waals surface area (Å²) in [7, 11) is 2.10. The maximum atomic E-state index is 12.4. The third-order valence-electron chi connectivity index (χ3n) is 5.85. The number of likely N-dealkylation sites (N-methyl/N-ethyl adjacent to an activating group) is 1. The predicted octanol–water partition coefficient (Wildman–Crippen LogP) is -0.668.